The van der Waals surface area contributed by atoms with Crippen LogP contribution in [0.4, 0.5) is 18.9 Å². The fraction of sp³-hybridized carbons (Fsp3) is 0.211. The minimum atomic E-state index is -4.80. The summed E-state index contributed by atoms with van der Waals surface area (Å²) in [5, 5.41) is 13.1. The monoisotopic (exact) mass is 423 g/mol. The molecule has 0 aliphatic rings. The molecule has 0 fully saturated rings. The smallest absolute Gasteiger partial charge is 0.406 e. The van der Waals surface area contributed by atoms with E-state index in [0.29, 0.717) is 40.7 Å². The molecule has 0 saturated heterocycles. The fourth-order valence-corrected chi connectivity index (χ4v) is 3.32. The molecule has 0 spiro atoms. The van der Waals surface area contributed by atoms with E-state index >= 15 is 0 Å². The van der Waals surface area contributed by atoms with Gasteiger partial charge in [0, 0.05) is 29.4 Å². The highest BCUT2D eigenvalue weighted by atomic mass is 32.2. The van der Waals surface area contributed by atoms with Crippen molar-refractivity contribution in [2.24, 2.45) is 0 Å². The summed E-state index contributed by atoms with van der Waals surface area (Å²) >= 11 is 0. The Morgan fingerprint density at radius 3 is 2.48 bits per heavy atom. The molecular formula is C19H16F3N3O3S. The van der Waals surface area contributed by atoms with Crippen LogP contribution in [0.1, 0.15) is 12.0 Å². The van der Waals surface area contributed by atoms with Crippen molar-refractivity contribution in [3.05, 3.63) is 48.0 Å². The summed E-state index contributed by atoms with van der Waals surface area (Å²) < 4.78 is 62.3. The van der Waals surface area contributed by atoms with Crippen LogP contribution in [0.3, 0.4) is 0 Å². The molecule has 0 aliphatic heterocycles. The summed E-state index contributed by atoms with van der Waals surface area (Å²) in [6.07, 6.45) is -4.31. The van der Waals surface area contributed by atoms with E-state index in [4.69, 9.17) is 0 Å². The number of aromatic nitrogens is 1. The normalized spacial score (nSPS) is 11.6. The van der Waals surface area contributed by atoms with Gasteiger partial charge in [0.05, 0.1) is 16.8 Å². The van der Waals surface area contributed by atoms with Gasteiger partial charge in [-0.1, -0.05) is 12.1 Å². The highest BCUT2D eigenvalue weighted by Crippen LogP contribution is 2.33. The zero-order valence-corrected chi connectivity index (χ0v) is 15.8. The number of anilines is 1. The van der Waals surface area contributed by atoms with E-state index in [-0.39, 0.29) is 11.5 Å². The van der Waals surface area contributed by atoms with Crippen molar-refractivity contribution in [3.8, 4) is 23.1 Å². The maximum Gasteiger partial charge on any atom is 0.573 e. The minimum absolute atomic E-state index is 0.112. The number of thiol groups is 1. The van der Waals surface area contributed by atoms with Gasteiger partial charge in [0.25, 0.3) is 0 Å². The molecule has 6 nitrogen and oxygen atoms in total. The molecule has 0 saturated carbocycles. The van der Waals surface area contributed by atoms with Gasteiger partial charge in [-0.2, -0.15) is 5.26 Å². The highest BCUT2D eigenvalue weighted by Gasteiger charge is 2.31. The van der Waals surface area contributed by atoms with Gasteiger partial charge in [-0.05, 0) is 36.2 Å². The number of H-pyrrole nitrogens is 1. The first-order valence-corrected chi connectivity index (χ1v) is 9.91. The first-order valence-electron chi connectivity index (χ1n) is 8.54. The molecule has 0 amide bonds. The number of fused-ring (bicyclic) bond motifs is 1. The number of nitriles is 1. The number of alkyl halides is 3. The number of nitrogens with zero attached hydrogens (tertiary/aromatic N) is 1. The topological polar surface area (TPSA) is 95.0 Å². The number of nitrogens with one attached hydrogen (secondary N) is 2. The Morgan fingerprint density at radius 1 is 1.14 bits per heavy atom. The molecule has 1 heterocycles. The van der Waals surface area contributed by atoms with Crippen molar-refractivity contribution in [2.75, 3.05) is 17.6 Å². The summed E-state index contributed by atoms with van der Waals surface area (Å²) in [4.78, 5) is 2.98. The van der Waals surface area contributed by atoms with Crippen molar-refractivity contribution in [1.82, 2.24) is 4.98 Å². The lowest BCUT2D eigenvalue weighted by molar-refractivity contribution is -0.274. The number of benzene rings is 2. The second kappa shape index (κ2) is 8.45. The second-order valence-electron chi connectivity index (χ2n) is 6.16. The predicted octanol–water partition coefficient (Wildman–Crippen LogP) is 4.02. The highest BCUT2D eigenvalue weighted by molar-refractivity contribution is 7.72. The van der Waals surface area contributed by atoms with Gasteiger partial charge in [-0.15, -0.1) is 13.2 Å². The molecule has 0 bridgehead atoms. The minimum Gasteiger partial charge on any atom is -0.406 e. The first-order chi connectivity index (χ1) is 13.8. The maximum atomic E-state index is 12.4. The Bertz CT molecular complexity index is 1120. The number of ether oxygens (including phenoxy) is 1. The number of hydrogen-bond acceptors (Lipinski definition) is 5. The van der Waals surface area contributed by atoms with Gasteiger partial charge in [0.2, 0.25) is 0 Å². The molecule has 152 valence electrons. The molecule has 3 rings (SSSR count). The van der Waals surface area contributed by atoms with E-state index in [0.717, 1.165) is 11.8 Å². The van der Waals surface area contributed by atoms with E-state index in [1.165, 1.54) is 12.1 Å². The van der Waals surface area contributed by atoms with Crippen molar-refractivity contribution >= 4 is 27.3 Å². The van der Waals surface area contributed by atoms with E-state index < -0.39 is 17.1 Å². The number of aromatic amines is 1. The lowest BCUT2D eigenvalue weighted by Crippen LogP contribution is -2.16. The molecule has 0 aliphatic carbocycles. The van der Waals surface area contributed by atoms with Crippen LogP contribution >= 0.6 is 0 Å². The van der Waals surface area contributed by atoms with Gasteiger partial charge < -0.3 is 15.0 Å². The zero-order valence-electron chi connectivity index (χ0n) is 14.9. The molecule has 0 atom stereocenters. The van der Waals surface area contributed by atoms with Crippen LogP contribution in [0.2, 0.25) is 0 Å². The Hall–Kier alpha value is -3.19. The van der Waals surface area contributed by atoms with Gasteiger partial charge in [-0.3, -0.25) is 0 Å². The third kappa shape index (κ3) is 5.20. The molecule has 2 aromatic carbocycles. The fourth-order valence-electron chi connectivity index (χ4n) is 2.90. The average Bonchev–Trinajstić information content (AvgIpc) is 3.02. The second-order valence-corrected chi connectivity index (χ2v) is 7.27. The maximum absolute atomic E-state index is 12.4. The van der Waals surface area contributed by atoms with Crippen LogP contribution in [0.25, 0.3) is 22.2 Å². The lowest BCUT2D eigenvalue weighted by atomic mass is 10.1. The van der Waals surface area contributed by atoms with E-state index in [1.54, 1.807) is 24.3 Å². The summed E-state index contributed by atoms with van der Waals surface area (Å²) in [7, 11) is -2.39. The van der Waals surface area contributed by atoms with Crippen molar-refractivity contribution in [1.29, 1.82) is 5.26 Å². The molecule has 0 unspecified atom stereocenters. The average molecular weight is 423 g/mol. The first kappa shape index (κ1) is 20.5. The van der Waals surface area contributed by atoms with Crippen LogP contribution < -0.4 is 10.1 Å². The van der Waals surface area contributed by atoms with Gasteiger partial charge >= 0.3 is 6.36 Å². The molecule has 10 heteroatoms. The quantitative estimate of drug-likeness (QED) is 0.394. The van der Waals surface area contributed by atoms with Crippen LogP contribution in [-0.4, -0.2) is 32.1 Å². The standard InChI is InChI=1S/C19H16F3N3O3S/c20-19(21,22)28-14-6-7-15-16(11-23)18(25-17(15)10-14)12-2-4-13(5-3-12)24-8-1-9-29(26)27/h2-7,10,24-25,29H,1,8-9H2. The number of rotatable bonds is 7. The molecule has 3 aromatic rings. The summed E-state index contributed by atoms with van der Waals surface area (Å²) in [6, 6.07) is 12.9. The van der Waals surface area contributed by atoms with Crippen LogP contribution in [0.5, 0.6) is 5.75 Å². The summed E-state index contributed by atoms with van der Waals surface area (Å²) in [6.45, 7) is 0.500. The SMILES string of the molecule is N#Cc1c(-c2ccc(NCCC[SH](=O)=O)cc2)[nH]c2cc(OC(F)(F)F)ccc12. The Kier molecular flexibility index (Phi) is 5.98. The third-order valence-electron chi connectivity index (χ3n) is 4.14. The largest absolute Gasteiger partial charge is 0.573 e. The molecule has 0 radical (unpaired) electrons. The molecule has 2 N–H and O–H groups in total. The van der Waals surface area contributed by atoms with Gasteiger partial charge in [0.1, 0.15) is 22.5 Å². The summed E-state index contributed by atoms with van der Waals surface area (Å²) in [5.74, 6) is -0.261. The van der Waals surface area contributed by atoms with Crippen molar-refractivity contribution in [2.45, 2.75) is 12.8 Å². The number of hydrogen-bond donors (Lipinski definition) is 3. The molecule has 1 aromatic heterocycles. The van der Waals surface area contributed by atoms with Crippen LogP contribution in [0, 0.1) is 11.3 Å². The predicted molar refractivity (Wildman–Crippen MR) is 103 cm³/mol. The van der Waals surface area contributed by atoms with Crippen molar-refractivity contribution in [3.63, 3.8) is 0 Å². The van der Waals surface area contributed by atoms with E-state index in [2.05, 4.69) is 21.1 Å². The Labute approximate surface area is 165 Å². The van der Waals surface area contributed by atoms with Crippen molar-refractivity contribution < 1.29 is 26.3 Å². The lowest BCUT2D eigenvalue weighted by Gasteiger charge is -2.08. The van der Waals surface area contributed by atoms with Crippen LogP contribution in [0.15, 0.2) is 42.5 Å². The molecular weight excluding hydrogens is 407 g/mol. The summed E-state index contributed by atoms with van der Waals surface area (Å²) in [5.41, 5.74) is 2.63. The van der Waals surface area contributed by atoms with E-state index in [9.17, 15) is 26.9 Å². The Morgan fingerprint density at radius 2 is 1.86 bits per heavy atom. The molecule has 29 heavy (non-hydrogen) atoms. The van der Waals surface area contributed by atoms with Gasteiger partial charge in [-0.25, -0.2) is 8.42 Å². The van der Waals surface area contributed by atoms with Crippen LogP contribution in [-0.2, 0) is 10.7 Å². The van der Waals surface area contributed by atoms with E-state index in [1.807, 2.05) is 0 Å². The Balaban J connectivity index is 1.84. The zero-order chi connectivity index (χ0) is 21.0. The third-order valence-corrected chi connectivity index (χ3v) is 4.82. The van der Waals surface area contributed by atoms with Gasteiger partial charge in [0.15, 0.2) is 0 Å². The number of halogens is 3.